The van der Waals surface area contributed by atoms with Gasteiger partial charge in [-0.2, -0.15) is 0 Å². The smallest absolute Gasteiger partial charge is 0.261 e. The molecule has 0 aliphatic carbocycles. The van der Waals surface area contributed by atoms with E-state index in [1.807, 2.05) is 51.1 Å². The number of nitrogens with one attached hydrogen (secondary N) is 1. The monoisotopic (exact) mass is 361 g/mol. The number of hydrogen-bond donors (Lipinski definition) is 1. The van der Waals surface area contributed by atoms with Gasteiger partial charge in [-0.25, -0.2) is 0 Å². The Morgan fingerprint density at radius 1 is 1.16 bits per heavy atom. The minimum atomic E-state index is -0.583. The molecule has 5 heteroatoms. The van der Waals surface area contributed by atoms with Crippen molar-refractivity contribution in [1.82, 2.24) is 5.32 Å². The van der Waals surface area contributed by atoms with E-state index in [1.54, 1.807) is 12.1 Å². The standard InChI is InChI=1S/C20H24ClNO3/c1-4-17(25-18-8-6-5-7-16(18)21)20(23)22-11-12-24-19-13-14(2)9-10-15(19)3/h5-10,13,17H,4,11-12H2,1-3H3,(H,22,23). The van der Waals surface area contributed by atoms with Crippen LogP contribution in [0.4, 0.5) is 0 Å². The predicted molar refractivity (Wildman–Crippen MR) is 101 cm³/mol. The summed E-state index contributed by atoms with van der Waals surface area (Å²) in [4.78, 5) is 12.3. The first-order chi connectivity index (χ1) is 12.0. The first-order valence-electron chi connectivity index (χ1n) is 8.40. The van der Waals surface area contributed by atoms with Crippen molar-refractivity contribution in [3.05, 3.63) is 58.6 Å². The molecule has 0 bridgehead atoms. The lowest BCUT2D eigenvalue weighted by molar-refractivity contribution is -0.128. The van der Waals surface area contributed by atoms with Crippen LogP contribution in [-0.4, -0.2) is 25.2 Å². The maximum atomic E-state index is 12.3. The molecule has 0 aliphatic heterocycles. The van der Waals surface area contributed by atoms with Crippen molar-refractivity contribution in [1.29, 1.82) is 0 Å². The van der Waals surface area contributed by atoms with Crippen molar-refractivity contribution < 1.29 is 14.3 Å². The summed E-state index contributed by atoms with van der Waals surface area (Å²) in [6, 6.07) is 13.2. The van der Waals surface area contributed by atoms with E-state index in [4.69, 9.17) is 21.1 Å². The third-order valence-electron chi connectivity index (χ3n) is 3.77. The number of rotatable bonds is 8. The minimum absolute atomic E-state index is 0.174. The normalized spacial score (nSPS) is 11.7. The molecule has 134 valence electrons. The molecule has 0 spiro atoms. The fourth-order valence-corrected chi connectivity index (χ4v) is 2.51. The van der Waals surface area contributed by atoms with Gasteiger partial charge in [0.05, 0.1) is 11.6 Å². The van der Waals surface area contributed by atoms with Crippen LogP contribution in [-0.2, 0) is 4.79 Å². The number of carbonyl (C=O) groups excluding carboxylic acids is 1. The quantitative estimate of drug-likeness (QED) is 0.713. The van der Waals surface area contributed by atoms with Crippen LogP contribution in [0.1, 0.15) is 24.5 Å². The second kappa shape index (κ2) is 9.33. The molecule has 0 heterocycles. The van der Waals surface area contributed by atoms with Gasteiger partial charge in [0.1, 0.15) is 18.1 Å². The zero-order chi connectivity index (χ0) is 18.2. The van der Waals surface area contributed by atoms with E-state index in [-0.39, 0.29) is 5.91 Å². The van der Waals surface area contributed by atoms with E-state index in [1.165, 1.54) is 0 Å². The number of aryl methyl sites for hydroxylation is 2. The summed E-state index contributed by atoms with van der Waals surface area (Å²) in [6.07, 6.45) is -0.0323. The largest absolute Gasteiger partial charge is 0.491 e. The Morgan fingerprint density at radius 3 is 2.64 bits per heavy atom. The zero-order valence-corrected chi connectivity index (χ0v) is 15.6. The molecule has 2 aromatic carbocycles. The lowest BCUT2D eigenvalue weighted by atomic mass is 10.1. The molecule has 0 aliphatic rings. The topological polar surface area (TPSA) is 47.6 Å². The van der Waals surface area contributed by atoms with Crippen LogP contribution in [0, 0.1) is 13.8 Å². The second-order valence-electron chi connectivity index (χ2n) is 5.85. The van der Waals surface area contributed by atoms with E-state index in [0.29, 0.717) is 30.3 Å². The minimum Gasteiger partial charge on any atom is -0.491 e. The Morgan fingerprint density at radius 2 is 1.92 bits per heavy atom. The van der Waals surface area contributed by atoms with Crippen molar-refractivity contribution in [3.8, 4) is 11.5 Å². The summed E-state index contributed by atoms with van der Waals surface area (Å²) in [7, 11) is 0. The van der Waals surface area contributed by atoms with Crippen molar-refractivity contribution in [2.24, 2.45) is 0 Å². The van der Waals surface area contributed by atoms with E-state index in [9.17, 15) is 4.79 Å². The Labute approximate surface area is 154 Å². The first kappa shape index (κ1) is 19.1. The predicted octanol–water partition coefficient (Wildman–Crippen LogP) is 4.31. The Hall–Kier alpha value is -2.20. The lowest BCUT2D eigenvalue weighted by Gasteiger charge is -2.18. The Bertz CT molecular complexity index is 718. The molecular formula is C20H24ClNO3. The Kier molecular flexibility index (Phi) is 7.14. The summed E-state index contributed by atoms with van der Waals surface area (Å²) in [5, 5.41) is 3.34. The fourth-order valence-electron chi connectivity index (χ4n) is 2.33. The molecule has 0 fully saturated rings. The molecule has 4 nitrogen and oxygen atoms in total. The summed E-state index contributed by atoms with van der Waals surface area (Å²) in [6.45, 7) is 6.73. The molecule has 0 saturated heterocycles. The van der Waals surface area contributed by atoms with Crippen LogP contribution in [0.15, 0.2) is 42.5 Å². The van der Waals surface area contributed by atoms with Gasteiger partial charge in [0, 0.05) is 0 Å². The first-order valence-corrected chi connectivity index (χ1v) is 8.78. The molecule has 1 amide bonds. The maximum Gasteiger partial charge on any atom is 0.261 e. The van der Waals surface area contributed by atoms with Gasteiger partial charge in [-0.05, 0) is 49.6 Å². The lowest BCUT2D eigenvalue weighted by Crippen LogP contribution is -2.39. The van der Waals surface area contributed by atoms with Crippen LogP contribution >= 0.6 is 11.6 Å². The summed E-state index contributed by atoms with van der Waals surface area (Å²) >= 11 is 6.08. The van der Waals surface area contributed by atoms with Gasteiger partial charge in [-0.1, -0.05) is 42.8 Å². The second-order valence-corrected chi connectivity index (χ2v) is 6.26. The van der Waals surface area contributed by atoms with E-state index < -0.39 is 6.10 Å². The van der Waals surface area contributed by atoms with E-state index >= 15 is 0 Å². The molecule has 0 aromatic heterocycles. The molecule has 2 aromatic rings. The maximum absolute atomic E-state index is 12.3. The number of hydrogen-bond acceptors (Lipinski definition) is 3. The van der Waals surface area contributed by atoms with Crippen LogP contribution in [0.25, 0.3) is 0 Å². The third kappa shape index (κ3) is 5.68. The molecule has 25 heavy (non-hydrogen) atoms. The highest BCUT2D eigenvalue weighted by atomic mass is 35.5. The highest BCUT2D eigenvalue weighted by Gasteiger charge is 2.19. The van der Waals surface area contributed by atoms with Crippen molar-refractivity contribution >= 4 is 17.5 Å². The number of halogens is 1. The highest BCUT2D eigenvalue weighted by Crippen LogP contribution is 2.24. The molecule has 2 rings (SSSR count). The molecule has 1 unspecified atom stereocenters. The van der Waals surface area contributed by atoms with Gasteiger partial charge in [0.25, 0.3) is 5.91 Å². The number of ether oxygens (including phenoxy) is 2. The number of benzene rings is 2. The molecular weight excluding hydrogens is 338 g/mol. The van der Waals surface area contributed by atoms with Gasteiger partial charge in [0.15, 0.2) is 6.10 Å². The van der Waals surface area contributed by atoms with Crippen LogP contribution in [0.3, 0.4) is 0 Å². The zero-order valence-electron chi connectivity index (χ0n) is 14.8. The van der Waals surface area contributed by atoms with Gasteiger partial charge in [0.2, 0.25) is 0 Å². The van der Waals surface area contributed by atoms with Crippen LogP contribution < -0.4 is 14.8 Å². The molecule has 0 radical (unpaired) electrons. The Balaban J connectivity index is 1.82. The van der Waals surface area contributed by atoms with Gasteiger partial charge in [-0.3, -0.25) is 4.79 Å². The molecule has 1 N–H and O–H groups in total. The van der Waals surface area contributed by atoms with Crippen molar-refractivity contribution in [2.75, 3.05) is 13.2 Å². The van der Waals surface area contributed by atoms with Crippen LogP contribution in [0.2, 0.25) is 5.02 Å². The fraction of sp³-hybridized carbons (Fsp3) is 0.350. The van der Waals surface area contributed by atoms with Crippen LogP contribution in [0.5, 0.6) is 11.5 Å². The number of para-hydroxylation sites is 1. The highest BCUT2D eigenvalue weighted by molar-refractivity contribution is 6.32. The average molecular weight is 362 g/mol. The average Bonchev–Trinajstić information content (AvgIpc) is 2.60. The SMILES string of the molecule is CCC(Oc1ccccc1Cl)C(=O)NCCOc1cc(C)ccc1C. The number of carbonyl (C=O) groups is 1. The summed E-state index contributed by atoms with van der Waals surface area (Å²) < 4.78 is 11.5. The van der Waals surface area contributed by atoms with E-state index in [2.05, 4.69) is 5.32 Å². The third-order valence-corrected chi connectivity index (χ3v) is 4.08. The molecule has 1 atom stereocenters. The van der Waals surface area contributed by atoms with E-state index in [0.717, 1.165) is 16.9 Å². The summed E-state index contributed by atoms with van der Waals surface area (Å²) in [5.74, 6) is 1.18. The summed E-state index contributed by atoms with van der Waals surface area (Å²) in [5.41, 5.74) is 2.22. The van der Waals surface area contributed by atoms with Gasteiger partial charge in [-0.15, -0.1) is 0 Å². The van der Waals surface area contributed by atoms with Crippen molar-refractivity contribution in [2.45, 2.75) is 33.3 Å². The van der Waals surface area contributed by atoms with Gasteiger partial charge >= 0.3 is 0 Å². The molecule has 0 saturated carbocycles. The number of amides is 1. The van der Waals surface area contributed by atoms with Gasteiger partial charge < -0.3 is 14.8 Å². The van der Waals surface area contributed by atoms with Crippen molar-refractivity contribution in [3.63, 3.8) is 0 Å².